The highest BCUT2D eigenvalue weighted by atomic mass is 32.2. The summed E-state index contributed by atoms with van der Waals surface area (Å²) in [7, 11) is -3.89. The maximum absolute atomic E-state index is 12.4. The predicted octanol–water partition coefficient (Wildman–Crippen LogP) is 4.56. The zero-order valence-corrected chi connectivity index (χ0v) is 16.2. The van der Waals surface area contributed by atoms with E-state index in [1.807, 2.05) is 17.5 Å². The van der Waals surface area contributed by atoms with Crippen LogP contribution >= 0.6 is 22.7 Å². The monoisotopic (exact) mass is 434 g/mol. The molecule has 1 N–H and O–H groups in total. The molecule has 0 amide bonds. The molecule has 2 heterocycles. The lowest BCUT2D eigenvalue weighted by atomic mass is 10.3. The molecule has 3 aromatic rings. The van der Waals surface area contributed by atoms with Gasteiger partial charge in [0.25, 0.3) is 0 Å². The Morgan fingerprint density at radius 3 is 2.48 bits per heavy atom. The van der Waals surface area contributed by atoms with E-state index in [-0.39, 0.29) is 11.4 Å². The summed E-state index contributed by atoms with van der Waals surface area (Å²) in [6, 6.07) is 7.86. The minimum Gasteiger partial charge on any atom is -0.406 e. The SMILES string of the molecule is Cc1nc(-c2cccs2)sc1CNS(=O)(=O)c1ccc(OC(F)(F)F)cc1. The fourth-order valence-electron chi connectivity index (χ4n) is 2.16. The van der Waals surface area contributed by atoms with E-state index in [4.69, 9.17) is 0 Å². The van der Waals surface area contributed by atoms with Gasteiger partial charge in [-0.15, -0.1) is 35.8 Å². The third-order valence-electron chi connectivity index (χ3n) is 3.41. The number of thiazole rings is 1. The van der Waals surface area contributed by atoms with E-state index in [1.54, 1.807) is 18.3 Å². The van der Waals surface area contributed by atoms with Crippen LogP contribution in [-0.4, -0.2) is 19.8 Å². The van der Waals surface area contributed by atoms with Crippen molar-refractivity contribution in [1.29, 1.82) is 0 Å². The predicted molar refractivity (Wildman–Crippen MR) is 97.3 cm³/mol. The molecule has 0 saturated carbocycles. The maximum atomic E-state index is 12.4. The summed E-state index contributed by atoms with van der Waals surface area (Å²) in [5, 5.41) is 2.74. The van der Waals surface area contributed by atoms with Crippen LogP contribution in [0.3, 0.4) is 0 Å². The van der Waals surface area contributed by atoms with Crippen LogP contribution in [0.4, 0.5) is 13.2 Å². The summed E-state index contributed by atoms with van der Waals surface area (Å²) < 4.78 is 67.4. The van der Waals surface area contributed by atoms with E-state index in [1.165, 1.54) is 11.3 Å². The normalized spacial score (nSPS) is 12.3. The molecule has 27 heavy (non-hydrogen) atoms. The second kappa shape index (κ2) is 7.58. The number of nitrogens with one attached hydrogen (secondary N) is 1. The summed E-state index contributed by atoms with van der Waals surface area (Å²) >= 11 is 2.93. The average Bonchev–Trinajstić information content (AvgIpc) is 3.21. The van der Waals surface area contributed by atoms with Gasteiger partial charge >= 0.3 is 6.36 Å². The molecule has 11 heteroatoms. The number of hydrogen-bond donors (Lipinski definition) is 1. The Morgan fingerprint density at radius 2 is 1.89 bits per heavy atom. The molecule has 144 valence electrons. The lowest BCUT2D eigenvalue weighted by Gasteiger charge is -2.10. The number of hydrogen-bond acceptors (Lipinski definition) is 6. The summed E-state index contributed by atoms with van der Waals surface area (Å²) in [5.41, 5.74) is 0.722. The van der Waals surface area contributed by atoms with Gasteiger partial charge < -0.3 is 4.74 Å². The molecule has 3 rings (SSSR count). The smallest absolute Gasteiger partial charge is 0.406 e. The molecule has 0 fully saturated rings. The zero-order valence-electron chi connectivity index (χ0n) is 13.8. The highest BCUT2D eigenvalue weighted by Gasteiger charge is 2.31. The number of aryl methyl sites for hydroxylation is 1. The average molecular weight is 434 g/mol. The van der Waals surface area contributed by atoms with E-state index in [0.717, 1.165) is 44.7 Å². The van der Waals surface area contributed by atoms with Crippen molar-refractivity contribution in [2.24, 2.45) is 0 Å². The van der Waals surface area contributed by atoms with Gasteiger partial charge in [-0.3, -0.25) is 0 Å². The summed E-state index contributed by atoms with van der Waals surface area (Å²) in [5.74, 6) is -0.486. The highest BCUT2D eigenvalue weighted by molar-refractivity contribution is 7.89. The summed E-state index contributed by atoms with van der Waals surface area (Å²) in [4.78, 5) is 6.05. The molecule has 0 spiro atoms. The number of ether oxygens (including phenoxy) is 1. The molecular weight excluding hydrogens is 421 g/mol. The summed E-state index contributed by atoms with van der Waals surface area (Å²) in [6.07, 6.45) is -4.83. The molecule has 0 radical (unpaired) electrons. The van der Waals surface area contributed by atoms with Gasteiger partial charge in [0.15, 0.2) is 0 Å². The van der Waals surface area contributed by atoms with E-state index in [9.17, 15) is 21.6 Å². The first kappa shape index (κ1) is 19.8. The van der Waals surface area contributed by atoms with E-state index < -0.39 is 22.1 Å². The van der Waals surface area contributed by atoms with Gasteiger partial charge in [0.2, 0.25) is 10.0 Å². The molecule has 0 atom stereocenters. The Bertz CT molecular complexity index is 1010. The van der Waals surface area contributed by atoms with Gasteiger partial charge in [-0.1, -0.05) is 6.07 Å². The lowest BCUT2D eigenvalue weighted by Crippen LogP contribution is -2.23. The van der Waals surface area contributed by atoms with E-state index in [2.05, 4.69) is 14.4 Å². The van der Waals surface area contributed by atoms with Gasteiger partial charge in [0.1, 0.15) is 10.8 Å². The van der Waals surface area contributed by atoms with Crippen LogP contribution in [0.5, 0.6) is 5.75 Å². The van der Waals surface area contributed by atoms with Crippen molar-refractivity contribution < 1.29 is 26.3 Å². The Hall–Kier alpha value is -1.95. The third-order valence-corrected chi connectivity index (χ3v) is 7.03. The minimum absolute atomic E-state index is 0.0397. The molecule has 0 saturated heterocycles. The van der Waals surface area contributed by atoms with Gasteiger partial charge in [-0.25, -0.2) is 18.1 Å². The number of sulfonamides is 1. The Balaban J connectivity index is 1.70. The maximum Gasteiger partial charge on any atom is 0.573 e. The van der Waals surface area contributed by atoms with Crippen LogP contribution in [0.2, 0.25) is 0 Å². The number of thiophene rings is 1. The minimum atomic E-state index is -4.83. The van der Waals surface area contributed by atoms with Crippen LogP contribution in [0.25, 0.3) is 9.88 Å². The Morgan fingerprint density at radius 1 is 1.19 bits per heavy atom. The van der Waals surface area contributed by atoms with Gasteiger partial charge in [-0.2, -0.15) is 0 Å². The molecule has 0 bridgehead atoms. The van der Waals surface area contributed by atoms with Gasteiger partial charge in [0, 0.05) is 11.4 Å². The quantitative estimate of drug-likeness (QED) is 0.618. The van der Waals surface area contributed by atoms with Gasteiger partial charge in [-0.05, 0) is 42.6 Å². The number of rotatable bonds is 6. The first-order chi connectivity index (χ1) is 12.6. The number of halogens is 3. The van der Waals surface area contributed by atoms with Crippen molar-refractivity contribution in [3.05, 3.63) is 52.3 Å². The molecule has 0 unspecified atom stereocenters. The highest BCUT2D eigenvalue weighted by Crippen LogP contribution is 2.31. The van der Waals surface area contributed by atoms with E-state index in [0.29, 0.717) is 0 Å². The third kappa shape index (κ3) is 5.06. The topological polar surface area (TPSA) is 68.3 Å². The number of benzene rings is 1. The van der Waals surface area contributed by atoms with Gasteiger partial charge in [0.05, 0.1) is 15.5 Å². The lowest BCUT2D eigenvalue weighted by molar-refractivity contribution is -0.274. The van der Waals surface area contributed by atoms with Crippen molar-refractivity contribution in [2.75, 3.05) is 0 Å². The second-order valence-electron chi connectivity index (χ2n) is 5.35. The Kier molecular flexibility index (Phi) is 5.56. The first-order valence-corrected chi connectivity index (χ1v) is 10.7. The fraction of sp³-hybridized carbons (Fsp3) is 0.188. The second-order valence-corrected chi connectivity index (χ2v) is 9.15. The molecular formula is C16H13F3N2O3S3. The number of nitrogens with zero attached hydrogens (tertiary/aromatic N) is 1. The molecule has 0 aliphatic carbocycles. The zero-order chi connectivity index (χ0) is 19.7. The van der Waals surface area contributed by atoms with Crippen molar-refractivity contribution in [3.63, 3.8) is 0 Å². The van der Waals surface area contributed by atoms with Crippen molar-refractivity contribution in [3.8, 4) is 15.6 Å². The van der Waals surface area contributed by atoms with Crippen LogP contribution in [0, 0.1) is 6.92 Å². The van der Waals surface area contributed by atoms with Crippen molar-refractivity contribution >= 4 is 32.7 Å². The van der Waals surface area contributed by atoms with E-state index >= 15 is 0 Å². The number of alkyl halides is 3. The van der Waals surface area contributed by atoms with Crippen LogP contribution in [-0.2, 0) is 16.6 Å². The Labute approximate surface area is 161 Å². The van der Waals surface area contributed by atoms with Crippen molar-refractivity contribution in [2.45, 2.75) is 24.7 Å². The number of aromatic nitrogens is 1. The molecule has 0 aliphatic rings. The summed E-state index contributed by atoms with van der Waals surface area (Å²) in [6.45, 7) is 1.83. The first-order valence-electron chi connectivity index (χ1n) is 7.50. The molecule has 2 aromatic heterocycles. The molecule has 5 nitrogen and oxygen atoms in total. The van der Waals surface area contributed by atoms with Crippen LogP contribution in [0.1, 0.15) is 10.6 Å². The molecule has 0 aliphatic heterocycles. The van der Waals surface area contributed by atoms with Crippen LogP contribution < -0.4 is 9.46 Å². The van der Waals surface area contributed by atoms with Crippen molar-refractivity contribution in [1.82, 2.24) is 9.71 Å². The largest absolute Gasteiger partial charge is 0.573 e. The fourth-order valence-corrected chi connectivity index (χ4v) is 5.05. The molecule has 1 aromatic carbocycles. The van der Waals surface area contributed by atoms with Crippen LogP contribution in [0.15, 0.2) is 46.7 Å². The standard InChI is InChI=1S/C16H13F3N2O3S3/c1-10-14(26-15(21-10)13-3-2-8-25-13)9-20-27(22,23)12-6-4-11(5-7-12)24-16(17,18)19/h2-8,20H,9H2,1H3.